The van der Waals surface area contributed by atoms with Crippen LogP contribution in [0.25, 0.3) is 11.6 Å². The molecular formula is C16H16N4O4S2. The molecule has 10 heteroatoms. The van der Waals surface area contributed by atoms with Gasteiger partial charge in [-0.2, -0.15) is 0 Å². The highest BCUT2D eigenvalue weighted by Crippen LogP contribution is 2.21. The Bertz CT molecular complexity index is 1020. The third kappa shape index (κ3) is 4.14. The molecule has 0 spiro atoms. The first-order chi connectivity index (χ1) is 12.4. The van der Waals surface area contributed by atoms with Crippen molar-refractivity contribution in [2.24, 2.45) is 0 Å². The second-order valence-electron chi connectivity index (χ2n) is 5.44. The monoisotopic (exact) mass is 392 g/mol. The van der Waals surface area contributed by atoms with E-state index in [0.29, 0.717) is 11.3 Å². The van der Waals surface area contributed by atoms with Crippen molar-refractivity contribution in [3.8, 4) is 11.6 Å². The minimum atomic E-state index is -3.25. The molecule has 1 amide bonds. The Labute approximate surface area is 154 Å². The van der Waals surface area contributed by atoms with Crippen molar-refractivity contribution in [3.05, 3.63) is 40.2 Å². The Morgan fingerprint density at radius 1 is 1.23 bits per heavy atom. The van der Waals surface area contributed by atoms with Gasteiger partial charge in [0, 0.05) is 5.38 Å². The van der Waals surface area contributed by atoms with Crippen molar-refractivity contribution < 1.29 is 17.6 Å². The minimum Gasteiger partial charge on any atom is -0.401 e. The molecule has 0 bridgehead atoms. The fraction of sp³-hybridized carbons (Fsp3) is 0.250. The molecule has 0 aliphatic rings. The van der Waals surface area contributed by atoms with Crippen LogP contribution in [0.15, 0.2) is 39.0 Å². The summed E-state index contributed by atoms with van der Waals surface area (Å²) in [5.41, 5.74) is 1.24. The standard InChI is InChI=1S/C16H16N4O4S2/c1-3-26(22,23)12-6-4-11(5-7-12)8-14(21)18-16-20-19-15(24-16)13-9-25-10(2)17-13/h4-7,9H,3,8H2,1-2H3,(H,18,20,21). The summed E-state index contributed by atoms with van der Waals surface area (Å²) in [4.78, 5) is 16.6. The van der Waals surface area contributed by atoms with Crippen LogP contribution >= 0.6 is 11.3 Å². The van der Waals surface area contributed by atoms with Crippen molar-refractivity contribution in [3.63, 3.8) is 0 Å². The zero-order valence-corrected chi connectivity index (χ0v) is 15.7. The molecule has 26 heavy (non-hydrogen) atoms. The molecule has 0 saturated heterocycles. The molecule has 0 aliphatic heterocycles. The third-order valence-electron chi connectivity index (χ3n) is 3.54. The number of nitrogens with one attached hydrogen (secondary N) is 1. The molecule has 3 rings (SSSR count). The van der Waals surface area contributed by atoms with E-state index in [1.807, 2.05) is 6.92 Å². The van der Waals surface area contributed by atoms with Crippen molar-refractivity contribution in [2.45, 2.75) is 25.2 Å². The number of sulfone groups is 1. The number of amides is 1. The normalized spacial score (nSPS) is 11.5. The molecule has 0 aliphatic carbocycles. The molecule has 1 aromatic carbocycles. The number of anilines is 1. The Morgan fingerprint density at radius 2 is 1.96 bits per heavy atom. The maximum atomic E-state index is 12.1. The van der Waals surface area contributed by atoms with Gasteiger partial charge in [0.05, 0.1) is 22.1 Å². The molecule has 3 aromatic rings. The van der Waals surface area contributed by atoms with Gasteiger partial charge in [0.1, 0.15) is 5.69 Å². The van der Waals surface area contributed by atoms with Gasteiger partial charge in [0.15, 0.2) is 9.84 Å². The molecule has 8 nitrogen and oxygen atoms in total. The van der Waals surface area contributed by atoms with Crippen LogP contribution in [0.4, 0.5) is 6.01 Å². The number of aryl methyl sites for hydroxylation is 1. The number of hydrogen-bond donors (Lipinski definition) is 1. The van der Waals surface area contributed by atoms with Crippen LogP contribution in [-0.2, 0) is 21.1 Å². The summed E-state index contributed by atoms with van der Waals surface area (Å²) in [6.45, 7) is 3.45. The minimum absolute atomic E-state index is 0.0131. The van der Waals surface area contributed by atoms with E-state index in [2.05, 4.69) is 20.5 Å². The summed E-state index contributed by atoms with van der Waals surface area (Å²) in [6.07, 6.45) is 0.0555. The predicted octanol–water partition coefficient (Wildman–Crippen LogP) is 2.48. The fourth-order valence-corrected chi connectivity index (χ4v) is 3.64. The molecule has 2 aromatic heterocycles. The van der Waals surface area contributed by atoms with E-state index in [4.69, 9.17) is 4.42 Å². The average Bonchev–Trinajstić information content (AvgIpc) is 3.24. The number of nitrogens with zero attached hydrogens (tertiary/aromatic N) is 3. The average molecular weight is 392 g/mol. The van der Waals surface area contributed by atoms with Gasteiger partial charge >= 0.3 is 6.01 Å². The Kier molecular flexibility index (Phi) is 5.14. The van der Waals surface area contributed by atoms with Gasteiger partial charge in [0.25, 0.3) is 5.89 Å². The summed E-state index contributed by atoms with van der Waals surface area (Å²) in [5, 5.41) is 12.8. The maximum absolute atomic E-state index is 12.1. The molecular weight excluding hydrogens is 376 g/mol. The molecule has 1 N–H and O–H groups in total. The van der Waals surface area contributed by atoms with Gasteiger partial charge in [-0.25, -0.2) is 13.4 Å². The Hall–Kier alpha value is -2.59. The molecule has 0 unspecified atom stereocenters. The number of rotatable bonds is 6. The van der Waals surface area contributed by atoms with Gasteiger partial charge in [-0.15, -0.1) is 16.4 Å². The van der Waals surface area contributed by atoms with Crippen molar-refractivity contribution in [2.75, 3.05) is 11.1 Å². The largest absolute Gasteiger partial charge is 0.401 e. The van der Waals surface area contributed by atoms with Crippen molar-refractivity contribution in [1.29, 1.82) is 0 Å². The van der Waals surface area contributed by atoms with Gasteiger partial charge in [-0.1, -0.05) is 24.2 Å². The molecule has 0 radical (unpaired) electrons. The van der Waals surface area contributed by atoms with Crippen LogP contribution < -0.4 is 5.32 Å². The highest BCUT2D eigenvalue weighted by molar-refractivity contribution is 7.91. The lowest BCUT2D eigenvalue weighted by molar-refractivity contribution is -0.115. The lowest BCUT2D eigenvalue weighted by Gasteiger charge is -2.04. The summed E-state index contributed by atoms with van der Waals surface area (Å²) in [5.74, 6) is -0.0790. The number of hydrogen-bond acceptors (Lipinski definition) is 8. The number of carbonyl (C=O) groups excluding carboxylic acids is 1. The SMILES string of the molecule is CCS(=O)(=O)c1ccc(CC(=O)Nc2nnc(-c3csc(C)n3)o2)cc1. The first-order valence-electron chi connectivity index (χ1n) is 7.75. The van der Waals surface area contributed by atoms with Gasteiger partial charge in [0.2, 0.25) is 5.91 Å². The van der Waals surface area contributed by atoms with E-state index in [0.717, 1.165) is 5.01 Å². The highest BCUT2D eigenvalue weighted by atomic mass is 32.2. The van der Waals surface area contributed by atoms with Crippen molar-refractivity contribution in [1.82, 2.24) is 15.2 Å². The topological polar surface area (TPSA) is 115 Å². The van der Waals surface area contributed by atoms with E-state index in [-0.39, 0.29) is 34.9 Å². The number of benzene rings is 1. The van der Waals surface area contributed by atoms with Crippen LogP contribution in [-0.4, -0.2) is 35.3 Å². The lowest BCUT2D eigenvalue weighted by atomic mass is 10.1. The van der Waals surface area contributed by atoms with E-state index in [1.54, 1.807) is 24.4 Å². The van der Waals surface area contributed by atoms with E-state index >= 15 is 0 Å². The first-order valence-corrected chi connectivity index (χ1v) is 10.3. The van der Waals surface area contributed by atoms with Crippen LogP contribution in [0.1, 0.15) is 17.5 Å². The molecule has 0 fully saturated rings. The number of aromatic nitrogens is 3. The Balaban J connectivity index is 1.63. The van der Waals surface area contributed by atoms with Gasteiger partial charge in [-0.3, -0.25) is 10.1 Å². The maximum Gasteiger partial charge on any atom is 0.322 e. The van der Waals surface area contributed by atoms with Gasteiger partial charge < -0.3 is 4.42 Å². The van der Waals surface area contributed by atoms with Crippen LogP contribution in [0.3, 0.4) is 0 Å². The summed E-state index contributed by atoms with van der Waals surface area (Å²) < 4.78 is 29.0. The first kappa shape index (κ1) is 18.2. The van der Waals surface area contributed by atoms with Crippen LogP contribution in [0.5, 0.6) is 0 Å². The highest BCUT2D eigenvalue weighted by Gasteiger charge is 2.15. The molecule has 136 valence electrons. The summed E-state index contributed by atoms with van der Waals surface area (Å²) >= 11 is 1.46. The van der Waals surface area contributed by atoms with Crippen LogP contribution in [0.2, 0.25) is 0 Å². The van der Waals surface area contributed by atoms with Gasteiger partial charge in [-0.05, 0) is 24.6 Å². The summed E-state index contributed by atoms with van der Waals surface area (Å²) in [7, 11) is -3.25. The number of carbonyl (C=O) groups is 1. The van der Waals surface area contributed by atoms with E-state index in [9.17, 15) is 13.2 Å². The fourth-order valence-electron chi connectivity index (χ4n) is 2.17. The van der Waals surface area contributed by atoms with Crippen LogP contribution in [0, 0.1) is 6.92 Å². The number of thiazole rings is 1. The third-order valence-corrected chi connectivity index (χ3v) is 6.06. The second kappa shape index (κ2) is 7.34. The second-order valence-corrected chi connectivity index (χ2v) is 8.78. The molecule has 2 heterocycles. The smallest absolute Gasteiger partial charge is 0.322 e. The quantitative estimate of drug-likeness (QED) is 0.685. The summed E-state index contributed by atoms with van der Waals surface area (Å²) in [6, 6.07) is 6.20. The zero-order chi connectivity index (χ0) is 18.7. The predicted molar refractivity (Wildman–Crippen MR) is 96.6 cm³/mol. The molecule has 0 atom stereocenters. The lowest BCUT2D eigenvalue weighted by Crippen LogP contribution is -2.14. The van der Waals surface area contributed by atoms with Crippen molar-refractivity contribution >= 4 is 33.1 Å². The Morgan fingerprint density at radius 3 is 2.58 bits per heavy atom. The zero-order valence-electron chi connectivity index (χ0n) is 14.1. The molecule has 0 saturated carbocycles. The van der Waals surface area contributed by atoms with E-state index in [1.165, 1.54) is 23.5 Å². The van der Waals surface area contributed by atoms with E-state index < -0.39 is 9.84 Å².